The molecule has 0 saturated carbocycles. The lowest BCUT2D eigenvalue weighted by atomic mass is 10.1. The molecule has 0 bridgehead atoms. The summed E-state index contributed by atoms with van der Waals surface area (Å²) in [6, 6.07) is 4.17. The van der Waals surface area contributed by atoms with E-state index in [4.69, 9.17) is 4.99 Å². The van der Waals surface area contributed by atoms with Gasteiger partial charge in [-0.3, -0.25) is 4.99 Å². The third kappa shape index (κ3) is 9.11. The van der Waals surface area contributed by atoms with E-state index < -0.39 is 0 Å². The van der Waals surface area contributed by atoms with E-state index in [1.807, 2.05) is 56.4 Å². The quantitative estimate of drug-likeness (QED) is 0.207. The number of likely N-dealkylation sites (N-methyl/N-ethyl adjacent to an activating group) is 1. The van der Waals surface area contributed by atoms with Gasteiger partial charge in [-0.15, -0.1) is 0 Å². The Morgan fingerprint density at radius 2 is 1.91 bits per heavy atom. The zero-order valence-corrected chi connectivity index (χ0v) is 21.0. The standard InChI is InChI=1S/C27H39N7/c1-7-13-27(34-17-12-10-8-9-11-14-29-20-34)33-23(5)32-24-19-26(31-21(2)3)25(18-22(24)4)30-16-15-28-6/h7,9,11-14,17-19,28,30-32H,2,5,8,10,15-16,20H2,1,3-4,6H3/b11-9-,13-7-,17-12-,29-14-,33-27+. The maximum Gasteiger partial charge on any atom is 0.136 e. The molecule has 0 spiro atoms. The van der Waals surface area contributed by atoms with Crippen molar-refractivity contribution in [2.24, 2.45) is 9.98 Å². The minimum atomic E-state index is 0.482. The molecule has 0 fully saturated rings. The van der Waals surface area contributed by atoms with Crippen molar-refractivity contribution in [2.75, 3.05) is 42.8 Å². The monoisotopic (exact) mass is 461 g/mol. The van der Waals surface area contributed by atoms with E-state index in [0.29, 0.717) is 12.5 Å². The number of nitrogens with zero attached hydrogens (tertiary/aromatic N) is 3. The molecule has 0 aromatic heterocycles. The minimum Gasteiger partial charge on any atom is -0.382 e. The molecule has 0 aliphatic carbocycles. The second kappa shape index (κ2) is 14.5. The topological polar surface area (TPSA) is 76.1 Å². The molecule has 7 nitrogen and oxygen atoms in total. The van der Waals surface area contributed by atoms with E-state index >= 15 is 0 Å². The summed E-state index contributed by atoms with van der Waals surface area (Å²) in [5.74, 6) is 1.31. The Balaban J connectivity index is 2.28. The number of anilines is 3. The first-order chi connectivity index (χ1) is 16.4. The largest absolute Gasteiger partial charge is 0.382 e. The van der Waals surface area contributed by atoms with Gasteiger partial charge in [-0.05, 0) is 70.5 Å². The van der Waals surface area contributed by atoms with Gasteiger partial charge in [0, 0.05) is 36.9 Å². The van der Waals surface area contributed by atoms with Crippen LogP contribution in [0.15, 0.2) is 83.4 Å². The maximum absolute atomic E-state index is 4.77. The van der Waals surface area contributed by atoms with E-state index in [-0.39, 0.29) is 0 Å². The number of nitrogens with one attached hydrogen (secondary N) is 4. The van der Waals surface area contributed by atoms with E-state index in [2.05, 4.69) is 70.6 Å². The summed E-state index contributed by atoms with van der Waals surface area (Å²) in [6.07, 6.45) is 16.0. The Morgan fingerprint density at radius 3 is 2.65 bits per heavy atom. The Labute approximate surface area is 204 Å². The number of aryl methyl sites for hydroxylation is 1. The van der Waals surface area contributed by atoms with Crippen LogP contribution in [-0.4, -0.2) is 43.8 Å². The van der Waals surface area contributed by atoms with E-state index in [1.54, 1.807) is 0 Å². The number of rotatable bonds is 10. The van der Waals surface area contributed by atoms with Gasteiger partial charge >= 0.3 is 0 Å². The molecular formula is C27H39N7. The molecule has 1 aliphatic heterocycles. The Hall–Kier alpha value is -3.58. The third-order valence-corrected chi connectivity index (χ3v) is 4.89. The van der Waals surface area contributed by atoms with Crippen molar-refractivity contribution in [3.63, 3.8) is 0 Å². The summed E-state index contributed by atoms with van der Waals surface area (Å²) in [4.78, 5) is 11.3. The summed E-state index contributed by atoms with van der Waals surface area (Å²) in [7, 11) is 1.94. The van der Waals surface area contributed by atoms with E-state index in [0.717, 1.165) is 60.1 Å². The molecule has 34 heavy (non-hydrogen) atoms. The van der Waals surface area contributed by atoms with Crippen LogP contribution >= 0.6 is 0 Å². The fourth-order valence-corrected chi connectivity index (χ4v) is 3.26. The first kappa shape index (κ1) is 26.7. The molecule has 0 atom stereocenters. The molecule has 182 valence electrons. The van der Waals surface area contributed by atoms with Crippen LogP contribution < -0.4 is 21.3 Å². The predicted octanol–water partition coefficient (Wildman–Crippen LogP) is 5.62. The molecule has 1 aromatic carbocycles. The average Bonchev–Trinajstić information content (AvgIpc) is 2.79. The number of hydrogen-bond acceptors (Lipinski definition) is 6. The lowest BCUT2D eigenvalue weighted by Gasteiger charge is -2.20. The first-order valence-corrected chi connectivity index (χ1v) is 11.7. The molecule has 0 unspecified atom stereocenters. The lowest BCUT2D eigenvalue weighted by molar-refractivity contribution is 0.576. The van der Waals surface area contributed by atoms with Crippen molar-refractivity contribution in [1.82, 2.24) is 10.2 Å². The van der Waals surface area contributed by atoms with Gasteiger partial charge in [-0.25, -0.2) is 4.99 Å². The van der Waals surface area contributed by atoms with Gasteiger partial charge in [0.05, 0.1) is 11.4 Å². The Morgan fingerprint density at radius 1 is 1.12 bits per heavy atom. The van der Waals surface area contributed by atoms with E-state index in [1.165, 1.54) is 0 Å². The maximum atomic E-state index is 4.77. The highest BCUT2D eigenvalue weighted by atomic mass is 15.2. The Kier molecular flexibility index (Phi) is 11.4. The van der Waals surface area contributed by atoms with Crippen molar-refractivity contribution >= 4 is 29.1 Å². The minimum absolute atomic E-state index is 0.482. The zero-order chi connectivity index (χ0) is 24.8. The van der Waals surface area contributed by atoms with Gasteiger partial charge in [0.15, 0.2) is 0 Å². The summed E-state index contributed by atoms with van der Waals surface area (Å²) >= 11 is 0. The third-order valence-electron chi connectivity index (χ3n) is 4.89. The summed E-state index contributed by atoms with van der Waals surface area (Å²) in [5, 5.41) is 13.3. The van der Waals surface area contributed by atoms with E-state index in [9.17, 15) is 0 Å². The Bertz CT molecular complexity index is 983. The summed E-state index contributed by atoms with van der Waals surface area (Å²) in [6.45, 7) is 16.3. The van der Waals surface area contributed by atoms with Gasteiger partial charge in [0.25, 0.3) is 0 Å². The molecule has 7 heteroatoms. The van der Waals surface area contributed by atoms with Gasteiger partial charge in [0.1, 0.15) is 18.3 Å². The van der Waals surface area contributed by atoms with Crippen LogP contribution in [0.5, 0.6) is 0 Å². The molecule has 4 N–H and O–H groups in total. The lowest BCUT2D eigenvalue weighted by Crippen LogP contribution is -2.25. The summed E-state index contributed by atoms with van der Waals surface area (Å²) < 4.78 is 0. The predicted molar refractivity (Wildman–Crippen MR) is 150 cm³/mol. The second-order valence-electron chi connectivity index (χ2n) is 8.02. The first-order valence-electron chi connectivity index (χ1n) is 11.7. The molecular weight excluding hydrogens is 422 g/mol. The van der Waals surface area contributed by atoms with Crippen LogP contribution in [0.25, 0.3) is 0 Å². The fourth-order valence-electron chi connectivity index (χ4n) is 3.26. The van der Waals surface area contributed by atoms with Crippen molar-refractivity contribution < 1.29 is 0 Å². The van der Waals surface area contributed by atoms with Crippen LogP contribution in [0.3, 0.4) is 0 Å². The number of allylic oxidation sites excluding steroid dienone is 5. The highest BCUT2D eigenvalue weighted by Crippen LogP contribution is 2.31. The number of amidine groups is 1. The van der Waals surface area contributed by atoms with Crippen molar-refractivity contribution in [3.8, 4) is 0 Å². The van der Waals surface area contributed by atoms with Gasteiger partial charge in [-0.2, -0.15) is 0 Å². The van der Waals surface area contributed by atoms with Crippen molar-refractivity contribution in [3.05, 3.63) is 79.0 Å². The van der Waals surface area contributed by atoms with Crippen LogP contribution in [0.4, 0.5) is 17.1 Å². The highest BCUT2D eigenvalue weighted by Gasteiger charge is 2.10. The summed E-state index contributed by atoms with van der Waals surface area (Å²) in [5.41, 5.74) is 4.84. The number of hydrogen-bond donors (Lipinski definition) is 4. The highest BCUT2D eigenvalue weighted by molar-refractivity contribution is 5.94. The van der Waals surface area contributed by atoms with Gasteiger partial charge < -0.3 is 26.2 Å². The SMILES string of the molecule is C=C(C)Nc1cc(NC(=C)/N=C(\C=C/C)N2/C=C\CC/C=C\C=N/C2)c(C)cc1NCCNC. The second-order valence-corrected chi connectivity index (χ2v) is 8.02. The zero-order valence-electron chi connectivity index (χ0n) is 21.0. The molecule has 0 radical (unpaired) electrons. The number of benzene rings is 1. The molecule has 2 rings (SSSR count). The van der Waals surface area contributed by atoms with Crippen molar-refractivity contribution in [1.29, 1.82) is 0 Å². The van der Waals surface area contributed by atoms with Crippen LogP contribution in [0.1, 0.15) is 32.3 Å². The molecule has 1 aromatic rings. The molecule has 0 saturated heterocycles. The molecule has 0 amide bonds. The van der Waals surface area contributed by atoms with Crippen LogP contribution in [0.2, 0.25) is 0 Å². The normalized spacial score (nSPS) is 17.2. The van der Waals surface area contributed by atoms with Crippen LogP contribution in [0, 0.1) is 6.92 Å². The fraction of sp³-hybridized carbons (Fsp3) is 0.333. The van der Waals surface area contributed by atoms with Gasteiger partial charge in [0.2, 0.25) is 0 Å². The van der Waals surface area contributed by atoms with Crippen LogP contribution in [-0.2, 0) is 0 Å². The number of aliphatic imine (C=N–C) groups is 2. The molecule has 1 heterocycles. The molecule has 1 aliphatic rings. The van der Waals surface area contributed by atoms with Gasteiger partial charge in [-0.1, -0.05) is 31.4 Å². The smallest absolute Gasteiger partial charge is 0.136 e. The van der Waals surface area contributed by atoms with Crippen molar-refractivity contribution in [2.45, 2.75) is 33.6 Å². The average molecular weight is 462 g/mol.